The molecular formula is C18H17N3O4S2. The van der Waals surface area contributed by atoms with Crippen LogP contribution < -0.4 is 10.0 Å². The Hall–Kier alpha value is -2.49. The normalized spacial score (nSPS) is 14.2. The number of carbonyl (C=O) groups is 1. The van der Waals surface area contributed by atoms with Gasteiger partial charge in [0.1, 0.15) is 0 Å². The molecule has 1 fully saturated rings. The molecule has 0 spiro atoms. The van der Waals surface area contributed by atoms with Crippen LogP contribution in [-0.4, -0.2) is 25.4 Å². The fourth-order valence-electron chi connectivity index (χ4n) is 2.50. The SMILES string of the molecule is O=C(Cc1csc(-c2ccco2)n1)Nc1cccc(S(=O)(=O)NC2CC2)c1. The first-order chi connectivity index (χ1) is 13.0. The lowest BCUT2D eigenvalue weighted by Crippen LogP contribution is -2.25. The van der Waals surface area contributed by atoms with E-state index < -0.39 is 10.0 Å². The Bertz CT molecular complexity index is 1050. The Morgan fingerprint density at radius 3 is 2.85 bits per heavy atom. The first-order valence-electron chi connectivity index (χ1n) is 8.40. The van der Waals surface area contributed by atoms with Crippen molar-refractivity contribution in [3.63, 3.8) is 0 Å². The first-order valence-corrected chi connectivity index (χ1v) is 10.8. The van der Waals surface area contributed by atoms with E-state index in [9.17, 15) is 13.2 Å². The van der Waals surface area contributed by atoms with Crippen LogP contribution in [0.5, 0.6) is 0 Å². The lowest BCUT2D eigenvalue weighted by molar-refractivity contribution is -0.115. The number of aromatic nitrogens is 1. The van der Waals surface area contributed by atoms with E-state index in [1.165, 1.54) is 23.5 Å². The first kappa shape index (κ1) is 17.9. The quantitative estimate of drug-likeness (QED) is 0.631. The molecule has 0 aliphatic heterocycles. The molecule has 2 N–H and O–H groups in total. The predicted molar refractivity (Wildman–Crippen MR) is 102 cm³/mol. The predicted octanol–water partition coefficient (Wildman–Crippen LogP) is 3.03. The van der Waals surface area contributed by atoms with Gasteiger partial charge in [-0.05, 0) is 43.2 Å². The molecule has 0 unspecified atom stereocenters. The lowest BCUT2D eigenvalue weighted by atomic mass is 10.3. The average Bonchev–Trinajstić information content (AvgIpc) is 3.10. The lowest BCUT2D eigenvalue weighted by Gasteiger charge is -2.08. The van der Waals surface area contributed by atoms with Crippen molar-refractivity contribution in [1.29, 1.82) is 0 Å². The van der Waals surface area contributed by atoms with Gasteiger partial charge in [0, 0.05) is 17.1 Å². The van der Waals surface area contributed by atoms with Gasteiger partial charge in [-0.2, -0.15) is 0 Å². The van der Waals surface area contributed by atoms with Gasteiger partial charge in [0.05, 0.1) is 23.3 Å². The van der Waals surface area contributed by atoms with E-state index in [4.69, 9.17) is 4.42 Å². The van der Waals surface area contributed by atoms with Gasteiger partial charge in [-0.15, -0.1) is 11.3 Å². The van der Waals surface area contributed by atoms with E-state index in [2.05, 4.69) is 15.0 Å². The third kappa shape index (κ3) is 4.44. The van der Waals surface area contributed by atoms with Crippen LogP contribution in [0.2, 0.25) is 0 Å². The van der Waals surface area contributed by atoms with Gasteiger partial charge < -0.3 is 9.73 Å². The molecule has 1 aliphatic carbocycles. The zero-order chi connectivity index (χ0) is 18.9. The number of furan rings is 1. The van der Waals surface area contributed by atoms with Crippen LogP contribution in [-0.2, 0) is 21.2 Å². The highest BCUT2D eigenvalue weighted by atomic mass is 32.2. The summed E-state index contributed by atoms with van der Waals surface area (Å²) in [6, 6.07) is 9.85. The largest absolute Gasteiger partial charge is 0.462 e. The minimum Gasteiger partial charge on any atom is -0.462 e. The summed E-state index contributed by atoms with van der Waals surface area (Å²) in [6.07, 6.45) is 3.39. The van der Waals surface area contributed by atoms with Gasteiger partial charge in [-0.1, -0.05) is 6.07 Å². The van der Waals surface area contributed by atoms with E-state index in [1.807, 2.05) is 6.07 Å². The van der Waals surface area contributed by atoms with Crippen LogP contribution in [0.25, 0.3) is 10.8 Å². The van der Waals surface area contributed by atoms with Gasteiger partial charge in [-0.3, -0.25) is 4.79 Å². The van der Waals surface area contributed by atoms with Crippen molar-refractivity contribution in [3.8, 4) is 10.8 Å². The summed E-state index contributed by atoms with van der Waals surface area (Å²) in [4.78, 5) is 16.8. The smallest absolute Gasteiger partial charge is 0.240 e. The van der Waals surface area contributed by atoms with Crippen molar-refractivity contribution in [1.82, 2.24) is 9.71 Å². The zero-order valence-corrected chi connectivity index (χ0v) is 15.8. The standard InChI is InChI=1S/C18H17N3O4S2/c22-17(10-14-11-26-18(20-14)16-5-2-8-25-16)19-13-3-1-4-15(9-13)27(23,24)21-12-6-7-12/h1-5,8-9,11-12,21H,6-7,10H2,(H,19,22). The van der Waals surface area contributed by atoms with Crippen LogP contribution in [0.4, 0.5) is 5.69 Å². The molecule has 3 aromatic rings. The molecule has 1 amide bonds. The van der Waals surface area contributed by atoms with Gasteiger partial charge in [-0.25, -0.2) is 18.1 Å². The number of nitrogens with zero attached hydrogens (tertiary/aromatic N) is 1. The minimum atomic E-state index is -3.56. The van der Waals surface area contributed by atoms with E-state index in [-0.39, 0.29) is 23.3 Å². The van der Waals surface area contributed by atoms with Crippen molar-refractivity contribution >= 4 is 33.0 Å². The molecule has 140 valence electrons. The molecule has 0 bridgehead atoms. The number of nitrogens with one attached hydrogen (secondary N) is 2. The number of hydrogen-bond donors (Lipinski definition) is 2. The maximum Gasteiger partial charge on any atom is 0.240 e. The van der Waals surface area contributed by atoms with Gasteiger partial charge in [0.25, 0.3) is 0 Å². The molecule has 1 aliphatic rings. The second kappa shape index (κ2) is 7.26. The number of rotatable bonds is 7. The highest BCUT2D eigenvalue weighted by molar-refractivity contribution is 7.89. The Morgan fingerprint density at radius 1 is 1.26 bits per heavy atom. The van der Waals surface area contributed by atoms with E-state index >= 15 is 0 Å². The summed E-state index contributed by atoms with van der Waals surface area (Å²) in [6.45, 7) is 0. The summed E-state index contributed by atoms with van der Waals surface area (Å²) in [5.41, 5.74) is 1.06. The highest BCUT2D eigenvalue weighted by Crippen LogP contribution is 2.25. The third-order valence-corrected chi connectivity index (χ3v) is 6.38. The monoisotopic (exact) mass is 403 g/mol. The maximum atomic E-state index is 12.3. The average molecular weight is 403 g/mol. The Kier molecular flexibility index (Phi) is 4.81. The third-order valence-electron chi connectivity index (χ3n) is 3.95. The number of thiazole rings is 1. The van der Waals surface area contributed by atoms with E-state index in [1.54, 1.807) is 29.8 Å². The molecule has 4 rings (SSSR count). The van der Waals surface area contributed by atoms with Gasteiger partial charge >= 0.3 is 0 Å². The summed E-state index contributed by atoms with van der Waals surface area (Å²) < 4.78 is 32.5. The second-order valence-electron chi connectivity index (χ2n) is 6.27. The summed E-state index contributed by atoms with van der Waals surface area (Å²) in [5.74, 6) is 0.392. The molecular weight excluding hydrogens is 386 g/mol. The minimum absolute atomic E-state index is 0.0290. The molecule has 27 heavy (non-hydrogen) atoms. The second-order valence-corrected chi connectivity index (χ2v) is 8.84. The number of sulfonamides is 1. The van der Waals surface area contributed by atoms with Crippen molar-refractivity contribution in [2.75, 3.05) is 5.32 Å². The molecule has 2 heterocycles. The van der Waals surface area contributed by atoms with Crippen molar-refractivity contribution < 1.29 is 17.6 Å². The van der Waals surface area contributed by atoms with Crippen LogP contribution in [0.1, 0.15) is 18.5 Å². The molecule has 1 saturated carbocycles. The molecule has 1 aromatic carbocycles. The fourth-order valence-corrected chi connectivity index (χ4v) is 4.64. The van der Waals surface area contributed by atoms with Gasteiger partial charge in [0.2, 0.25) is 15.9 Å². The number of benzene rings is 1. The van der Waals surface area contributed by atoms with E-state index in [0.29, 0.717) is 22.1 Å². The van der Waals surface area contributed by atoms with E-state index in [0.717, 1.165) is 12.8 Å². The maximum absolute atomic E-state index is 12.3. The van der Waals surface area contributed by atoms with Crippen molar-refractivity contribution in [2.45, 2.75) is 30.2 Å². The Labute approximate surface area is 160 Å². The molecule has 0 radical (unpaired) electrons. The fraction of sp³-hybridized carbons (Fsp3) is 0.222. The molecule has 0 saturated heterocycles. The Balaban J connectivity index is 1.41. The number of amides is 1. The number of anilines is 1. The Morgan fingerprint density at radius 2 is 2.11 bits per heavy atom. The topological polar surface area (TPSA) is 101 Å². The summed E-state index contributed by atoms with van der Waals surface area (Å²) in [5, 5.41) is 5.24. The van der Waals surface area contributed by atoms with Crippen molar-refractivity contribution in [3.05, 3.63) is 53.7 Å². The number of carbonyl (C=O) groups excluding carboxylic acids is 1. The molecule has 2 aromatic heterocycles. The summed E-state index contributed by atoms with van der Waals surface area (Å²) >= 11 is 1.40. The summed E-state index contributed by atoms with van der Waals surface area (Å²) in [7, 11) is -3.56. The van der Waals surface area contributed by atoms with Crippen LogP contribution in [0.3, 0.4) is 0 Å². The molecule has 7 nitrogen and oxygen atoms in total. The van der Waals surface area contributed by atoms with Gasteiger partial charge in [0.15, 0.2) is 10.8 Å². The van der Waals surface area contributed by atoms with Crippen LogP contribution >= 0.6 is 11.3 Å². The zero-order valence-electron chi connectivity index (χ0n) is 14.2. The van der Waals surface area contributed by atoms with Crippen molar-refractivity contribution in [2.24, 2.45) is 0 Å². The van der Waals surface area contributed by atoms with Crippen LogP contribution in [0, 0.1) is 0 Å². The van der Waals surface area contributed by atoms with Crippen LogP contribution in [0.15, 0.2) is 57.4 Å². The highest BCUT2D eigenvalue weighted by Gasteiger charge is 2.28. The molecule has 9 heteroatoms. The molecule has 0 atom stereocenters. The number of hydrogen-bond acceptors (Lipinski definition) is 6.